The Balaban J connectivity index is 1.66. The first-order valence-corrected chi connectivity index (χ1v) is 8.00. The van der Waals surface area contributed by atoms with E-state index in [2.05, 4.69) is 45.5 Å². The zero-order valence-electron chi connectivity index (χ0n) is 12.9. The fourth-order valence-electron chi connectivity index (χ4n) is 2.68. The minimum Gasteiger partial charge on any atom is -0.423 e. The van der Waals surface area contributed by atoms with Crippen LogP contribution in [-0.2, 0) is 13.0 Å². The number of aryl methyl sites for hydroxylation is 1. The van der Waals surface area contributed by atoms with Crippen molar-refractivity contribution >= 4 is 0 Å². The van der Waals surface area contributed by atoms with Gasteiger partial charge in [0.15, 0.2) is 0 Å². The fourth-order valence-corrected chi connectivity index (χ4v) is 2.68. The summed E-state index contributed by atoms with van der Waals surface area (Å²) < 4.78 is 7.70. The SMILES string of the molecule is CCCNC(c1ccn(Cc2nnc(CC)o2)c1)C1CC1. The Labute approximate surface area is 125 Å². The molecule has 1 N–H and O–H groups in total. The Morgan fingerprint density at radius 3 is 2.81 bits per heavy atom. The predicted molar refractivity (Wildman–Crippen MR) is 81.0 cm³/mol. The van der Waals surface area contributed by atoms with Crippen LogP contribution in [0.2, 0.25) is 0 Å². The van der Waals surface area contributed by atoms with Gasteiger partial charge < -0.3 is 14.3 Å². The molecule has 2 aromatic heterocycles. The van der Waals surface area contributed by atoms with E-state index in [4.69, 9.17) is 4.42 Å². The molecule has 1 atom stereocenters. The molecule has 1 aliphatic rings. The van der Waals surface area contributed by atoms with Gasteiger partial charge in [-0.2, -0.15) is 0 Å². The summed E-state index contributed by atoms with van der Waals surface area (Å²) in [6.45, 7) is 5.96. The maximum absolute atomic E-state index is 5.57. The van der Waals surface area contributed by atoms with Crippen LogP contribution in [0.15, 0.2) is 22.9 Å². The van der Waals surface area contributed by atoms with Crippen LogP contribution in [-0.4, -0.2) is 21.3 Å². The van der Waals surface area contributed by atoms with Crippen molar-refractivity contribution in [2.45, 2.75) is 52.1 Å². The molecule has 0 amide bonds. The van der Waals surface area contributed by atoms with Gasteiger partial charge in [0.25, 0.3) is 0 Å². The maximum atomic E-state index is 5.57. The van der Waals surface area contributed by atoms with Gasteiger partial charge in [-0.1, -0.05) is 13.8 Å². The molecule has 0 aromatic carbocycles. The molecule has 1 saturated carbocycles. The highest BCUT2D eigenvalue weighted by Gasteiger charge is 2.32. The molecule has 5 heteroatoms. The maximum Gasteiger partial charge on any atom is 0.236 e. The molecule has 3 rings (SSSR count). The third-order valence-electron chi connectivity index (χ3n) is 3.97. The van der Waals surface area contributed by atoms with E-state index in [1.165, 1.54) is 24.8 Å². The first kappa shape index (κ1) is 14.3. The Kier molecular flexibility index (Phi) is 4.39. The van der Waals surface area contributed by atoms with Crippen molar-refractivity contribution in [2.24, 2.45) is 5.92 Å². The van der Waals surface area contributed by atoms with E-state index in [1.807, 2.05) is 6.92 Å². The second-order valence-corrected chi connectivity index (χ2v) is 5.83. The lowest BCUT2D eigenvalue weighted by molar-refractivity contribution is 0.441. The van der Waals surface area contributed by atoms with Crippen molar-refractivity contribution in [1.29, 1.82) is 0 Å². The molecule has 21 heavy (non-hydrogen) atoms. The lowest BCUT2D eigenvalue weighted by Gasteiger charge is -2.16. The van der Waals surface area contributed by atoms with Gasteiger partial charge in [0.1, 0.15) is 6.54 Å². The fraction of sp³-hybridized carbons (Fsp3) is 0.625. The number of rotatable bonds is 8. The van der Waals surface area contributed by atoms with E-state index >= 15 is 0 Å². The molecule has 0 radical (unpaired) electrons. The average Bonchev–Trinajstić information content (AvgIpc) is 3.06. The molecule has 114 valence electrons. The number of nitrogens with zero attached hydrogens (tertiary/aromatic N) is 3. The summed E-state index contributed by atoms with van der Waals surface area (Å²) in [6, 6.07) is 2.71. The highest BCUT2D eigenvalue weighted by atomic mass is 16.4. The zero-order valence-corrected chi connectivity index (χ0v) is 12.9. The second-order valence-electron chi connectivity index (χ2n) is 5.83. The van der Waals surface area contributed by atoms with Crippen molar-refractivity contribution in [1.82, 2.24) is 20.1 Å². The molecule has 2 aromatic rings. The molecule has 0 saturated heterocycles. The van der Waals surface area contributed by atoms with Crippen molar-refractivity contribution in [2.75, 3.05) is 6.54 Å². The minimum absolute atomic E-state index is 0.500. The van der Waals surface area contributed by atoms with Crippen LogP contribution in [0.4, 0.5) is 0 Å². The average molecular weight is 288 g/mol. The summed E-state index contributed by atoms with van der Waals surface area (Å²) in [5, 5.41) is 11.8. The third-order valence-corrected chi connectivity index (χ3v) is 3.97. The van der Waals surface area contributed by atoms with Crippen LogP contribution in [0.5, 0.6) is 0 Å². The molecule has 2 heterocycles. The van der Waals surface area contributed by atoms with Crippen LogP contribution in [0, 0.1) is 5.92 Å². The first-order chi connectivity index (χ1) is 10.3. The van der Waals surface area contributed by atoms with Crippen molar-refractivity contribution in [3.8, 4) is 0 Å². The molecule has 1 aliphatic carbocycles. The van der Waals surface area contributed by atoms with Gasteiger partial charge in [0, 0.05) is 24.9 Å². The lowest BCUT2D eigenvalue weighted by atomic mass is 10.1. The molecule has 1 fully saturated rings. The smallest absolute Gasteiger partial charge is 0.236 e. The summed E-state index contributed by atoms with van der Waals surface area (Å²) >= 11 is 0. The Hall–Kier alpha value is -1.62. The molecular formula is C16H24N4O. The Morgan fingerprint density at radius 2 is 2.14 bits per heavy atom. The van der Waals surface area contributed by atoms with E-state index in [0.29, 0.717) is 24.4 Å². The van der Waals surface area contributed by atoms with E-state index in [-0.39, 0.29) is 0 Å². The highest BCUT2D eigenvalue weighted by Crippen LogP contribution is 2.41. The van der Waals surface area contributed by atoms with Crippen LogP contribution in [0.3, 0.4) is 0 Å². The van der Waals surface area contributed by atoms with E-state index in [1.54, 1.807) is 0 Å². The third kappa shape index (κ3) is 3.53. The van der Waals surface area contributed by atoms with Gasteiger partial charge in [0.2, 0.25) is 11.8 Å². The van der Waals surface area contributed by atoms with Crippen LogP contribution >= 0.6 is 0 Å². The zero-order chi connectivity index (χ0) is 14.7. The minimum atomic E-state index is 0.500. The molecule has 0 spiro atoms. The van der Waals surface area contributed by atoms with Gasteiger partial charge in [-0.15, -0.1) is 10.2 Å². The summed E-state index contributed by atoms with van der Waals surface area (Å²) in [5.41, 5.74) is 1.38. The van der Waals surface area contributed by atoms with Crippen molar-refractivity contribution in [3.63, 3.8) is 0 Å². The first-order valence-electron chi connectivity index (χ1n) is 8.00. The summed E-state index contributed by atoms with van der Waals surface area (Å²) in [7, 11) is 0. The molecule has 0 aliphatic heterocycles. The predicted octanol–water partition coefficient (Wildman–Crippen LogP) is 2.93. The van der Waals surface area contributed by atoms with Gasteiger partial charge in [0.05, 0.1) is 0 Å². The van der Waals surface area contributed by atoms with Gasteiger partial charge in [-0.05, 0) is 43.4 Å². The van der Waals surface area contributed by atoms with Gasteiger partial charge in [-0.25, -0.2) is 0 Å². The van der Waals surface area contributed by atoms with Crippen LogP contribution in [0.1, 0.15) is 56.5 Å². The Bertz CT molecular complexity index is 570. The largest absolute Gasteiger partial charge is 0.423 e. The number of hydrogen-bond donors (Lipinski definition) is 1. The number of aromatic nitrogens is 3. The van der Waals surface area contributed by atoms with E-state index in [0.717, 1.165) is 18.9 Å². The van der Waals surface area contributed by atoms with Crippen LogP contribution < -0.4 is 5.32 Å². The molecular weight excluding hydrogens is 264 g/mol. The highest BCUT2D eigenvalue weighted by molar-refractivity contribution is 5.18. The van der Waals surface area contributed by atoms with Gasteiger partial charge >= 0.3 is 0 Å². The van der Waals surface area contributed by atoms with Crippen molar-refractivity contribution < 1.29 is 4.42 Å². The summed E-state index contributed by atoms with van der Waals surface area (Å²) in [5.74, 6) is 2.19. The van der Waals surface area contributed by atoms with Crippen molar-refractivity contribution in [3.05, 3.63) is 35.8 Å². The quantitative estimate of drug-likeness (QED) is 0.811. The lowest BCUT2D eigenvalue weighted by Crippen LogP contribution is -2.23. The number of hydrogen-bond acceptors (Lipinski definition) is 4. The van der Waals surface area contributed by atoms with E-state index < -0.39 is 0 Å². The topological polar surface area (TPSA) is 55.9 Å². The monoisotopic (exact) mass is 288 g/mol. The normalized spacial score (nSPS) is 16.3. The summed E-state index contributed by atoms with van der Waals surface area (Å²) in [6.07, 6.45) is 8.96. The Morgan fingerprint density at radius 1 is 1.33 bits per heavy atom. The molecule has 0 bridgehead atoms. The number of nitrogens with one attached hydrogen (secondary N) is 1. The molecule has 5 nitrogen and oxygen atoms in total. The van der Waals surface area contributed by atoms with E-state index in [9.17, 15) is 0 Å². The molecule has 1 unspecified atom stereocenters. The standard InChI is InChI=1S/C16H24N4O/c1-3-8-17-16(12-5-6-12)13-7-9-20(10-13)11-15-19-18-14(4-2)21-15/h7,9-10,12,16-17H,3-6,8,11H2,1-2H3. The van der Waals surface area contributed by atoms with Crippen LogP contribution in [0.25, 0.3) is 0 Å². The second kappa shape index (κ2) is 6.43. The summed E-state index contributed by atoms with van der Waals surface area (Å²) in [4.78, 5) is 0. The van der Waals surface area contributed by atoms with Gasteiger partial charge in [-0.3, -0.25) is 0 Å².